The number of sulfonamides is 1. The molecule has 1 aliphatic rings. The third-order valence-electron chi connectivity index (χ3n) is 4.07. The van der Waals surface area contributed by atoms with E-state index in [9.17, 15) is 8.42 Å². The number of hydrogen-bond acceptors (Lipinski definition) is 5. The van der Waals surface area contributed by atoms with Gasteiger partial charge in [0.1, 0.15) is 11.2 Å². The van der Waals surface area contributed by atoms with Gasteiger partial charge in [0.2, 0.25) is 0 Å². The molecule has 0 radical (unpaired) electrons. The summed E-state index contributed by atoms with van der Waals surface area (Å²) >= 11 is 0. The van der Waals surface area contributed by atoms with Crippen molar-refractivity contribution in [2.45, 2.75) is 62.8 Å². The van der Waals surface area contributed by atoms with Crippen LogP contribution in [0.2, 0.25) is 0 Å². The van der Waals surface area contributed by atoms with Crippen LogP contribution < -0.4 is 4.72 Å². The summed E-state index contributed by atoms with van der Waals surface area (Å²) in [5.41, 5.74) is 0.193. The summed E-state index contributed by atoms with van der Waals surface area (Å²) in [5.74, 6) is 0.165. The Labute approximate surface area is 136 Å². The fraction of sp³-hybridized carbons (Fsp3) is 0.600. The van der Waals surface area contributed by atoms with E-state index in [4.69, 9.17) is 0 Å². The second-order valence-corrected chi connectivity index (χ2v) is 8.65. The molecule has 0 saturated heterocycles. The van der Waals surface area contributed by atoms with Crippen LogP contribution in [-0.2, 0) is 15.4 Å². The Morgan fingerprint density at radius 1 is 1.30 bits per heavy atom. The molecule has 0 atom stereocenters. The predicted octanol–water partition coefficient (Wildman–Crippen LogP) is 3.08. The average molecular weight is 338 g/mol. The van der Waals surface area contributed by atoms with Crippen LogP contribution in [0.15, 0.2) is 27.9 Å². The van der Waals surface area contributed by atoms with E-state index < -0.39 is 10.0 Å². The molecule has 2 heterocycles. The molecule has 1 fully saturated rings. The number of nitrogens with one attached hydrogen (secondary N) is 1. The van der Waals surface area contributed by atoms with Crippen molar-refractivity contribution in [3.05, 3.63) is 24.2 Å². The molecule has 0 aliphatic heterocycles. The van der Waals surface area contributed by atoms with Gasteiger partial charge in [0.05, 0.1) is 11.7 Å². The topological polar surface area (TPSA) is 90.0 Å². The van der Waals surface area contributed by atoms with Crippen molar-refractivity contribution in [3.63, 3.8) is 0 Å². The summed E-state index contributed by atoms with van der Waals surface area (Å²) in [4.78, 5) is 0.208. The van der Waals surface area contributed by atoms with Crippen LogP contribution in [0.4, 0.5) is 5.82 Å². The predicted molar refractivity (Wildman–Crippen MR) is 85.7 cm³/mol. The number of nitrogens with zero attached hydrogens (tertiary/aromatic N) is 3. The van der Waals surface area contributed by atoms with Gasteiger partial charge in [-0.3, -0.25) is 9.40 Å². The highest BCUT2D eigenvalue weighted by molar-refractivity contribution is 7.92. The molecule has 2 aromatic heterocycles. The highest BCUT2D eigenvalue weighted by Gasteiger charge is 2.32. The van der Waals surface area contributed by atoms with Crippen molar-refractivity contribution >= 4 is 15.8 Å². The van der Waals surface area contributed by atoms with Crippen molar-refractivity contribution in [3.8, 4) is 0 Å². The molecule has 0 bridgehead atoms. The van der Waals surface area contributed by atoms with Crippen LogP contribution in [0, 0.1) is 0 Å². The standard InChI is InChI=1S/C15H22N4O3S/c1-15(2,3)14-12(10-19(16-14)11-6-4-5-7-11)23(20,21)18-13-8-9-22-17-13/h8-11H,4-7H2,1-3H3,(H,17,18). The highest BCUT2D eigenvalue weighted by atomic mass is 32.2. The highest BCUT2D eigenvalue weighted by Crippen LogP contribution is 2.34. The zero-order chi connectivity index (χ0) is 16.7. The first-order valence-electron chi connectivity index (χ1n) is 7.80. The fourth-order valence-electron chi connectivity index (χ4n) is 2.90. The van der Waals surface area contributed by atoms with Crippen LogP contribution in [0.1, 0.15) is 58.2 Å². The summed E-state index contributed by atoms with van der Waals surface area (Å²) in [6, 6.07) is 1.75. The zero-order valence-corrected chi connectivity index (χ0v) is 14.4. The third kappa shape index (κ3) is 3.26. The first-order chi connectivity index (χ1) is 10.8. The summed E-state index contributed by atoms with van der Waals surface area (Å²) < 4.78 is 34.5. The molecular weight excluding hydrogens is 316 g/mol. The van der Waals surface area contributed by atoms with Gasteiger partial charge in [-0.2, -0.15) is 5.10 Å². The molecule has 3 rings (SSSR count). The average Bonchev–Trinajstić information content (AvgIpc) is 3.18. The van der Waals surface area contributed by atoms with E-state index in [1.54, 1.807) is 6.20 Å². The molecule has 0 amide bonds. The van der Waals surface area contributed by atoms with E-state index in [1.807, 2.05) is 25.5 Å². The molecule has 0 spiro atoms. The molecule has 1 aliphatic carbocycles. The summed E-state index contributed by atoms with van der Waals surface area (Å²) in [5, 5.41) is 8.22. The maximum Gasteiger partial charge on any atom is 0.266 e. The van der Waals surface area contributed by atoms with E-state index in [-0.39, 0.29) is 22.2 Å². The monoisotopic (exact) mass is 338 g/mol. The van der Waals surface area contributed by atoms with Crippen LogP contribution >= 0.6 is 0 Å². The maximum atomic E-state index is 12.7. The van der Waals surface area contributed by atoms with Crippen LogP contribution in [0.25, 0.3) is 0 Å². The molecule has 8 heteroatoms. The van der Waals surface area contributed by atoms with Gasteiger partial charge >= 0.3 is 0 Å². The Hall–Kier alpha value is -1.83. The normalized spacial score (nSPS) is 16.8. The molecule has 23 heavy (non-hydrogen) atoms. The van der Waals surface area contributed by atoms with Crippen LogP contribution in [-0.4, -0.2) is 23.4 Å². The third-order valence-corrected chi connectivity index (χ3v) is 5.43. The van der Waals surface area contributed by atoms with Gasteiger partial charge < -0.3 is 4.52 Å². The smallest absolute Gasteiger partial charge is 0.266 e. The van der Waals surface area contributed by atoms with Gasteiger partial charge in [0, 0.05) is 17.7 Å². The molecule has 2 aromatic rings. The maximum absolute atomic E-state index is 12.7. The largest absolute Gasteiger partial charge is 0.363 e. The van der Waals surface area contributed by atoms with E-state index in [1.165, 1.54) is 12.3 Å². The van der Waals surface area contributed by atoms with E-state index in [0.717, 1.165) is 25.7 Å². The van der Waals surface area contributed by atoms with Gasteiger partial charge in [-0.25, -0.2) is 8.42 Å². The van der Waals surface area contributed by atoms with Gasteiger partial charge in [0.15, 0.2) is 5.82 Å². The molecule has 1 N–H and O–H groups in total. The number of rotatable bonds is 4. The number of hydrogen-bond donors (Lipinski definition) is 1. The Balaban J connectivity index is 2.02. The van der Waals surface area contributed by atoms with E-state index in [0.29, 0.717) is 5.69 Å². The lowest BCUT2D eigenvalue weighted by Crippen LogP contribution is -2.20. The van der Waals surface area contributed by atoms with E-state index in [2.05, 4.69) is 19.5 Å². The Morgan fingerprint density at radius 3 is 2.57 bits per heavy atom. The summed E-state index contributed by atoms with van der Waals surface area (Å²) in [7, 11) is -3.76. The minimum Gasteiger partial charge on any atom is -0.363 e. The van der Waals surface area contributed by atoms with Crippen LogP contribution in [0.3, 0.4) is 0 Å². The Morgan fingerprint density at radius 2 is 2.00 bits per heavy atom. The minimum absolute atomic E-state index is 0.165. The number of aromatic nitrogens is 3. The van der Waals surface area contributed by atoms with E-state index >= 15 is 0 Å². The molecule has 0 unspecified atom stereocenters. The first kappa shape index (κ1) is 16.0. The van der Waals surface area contributed by atoms with Gasteiger partial charge in [0.25, 0.3) is 10.0 Å². The van der Waals surface area contributed by atoms with Crippen molar-refractivity contribution in [2.75, 3.05) is 4.72 Å². The lowest BCUT2D eigenvalue weighted by Gasteiger charge is -2.17. The Bertz CT molecular complexity index is 766. The van der Waals surface area contributed by atoms with Crippen molar-refractivity contribution < 1.29 is 12.9 Å². The van der Waals surface area contributed by atoms with Gasteiger partial charge in [-0.05, 0) is 12.8 Å². The van der Waals surface area contributed by atoms with Gasteiger partial charge in [-0.1, -0.05) is 38.8 Å². The minimum atomic E-state index is -3.76. The quantitative estimate of drug-likeness (QED) is 0.925. The summed E-state index contributed by atoms with van der Waals surface area (Å²) in [6.07, 6.45) is 7.38. The summed E-state index contributed by atoms with van der Waals surface area (Å²) in [6.45, 7) is 5.89. The van der Waals surface area contributed by atoms with Crippen molar-refractivity contribution in [1.29, 1.82) is 0 Å². The lowest BCUT2D eigenvalue weighted by molar-refractivity contribution is 0.423. The first-order valence-corrected chi connectivity index (χ1v) is 9.28. The number of anilines is 1. The van der Waals surface area contributed by atoms with Crippen molar-refractivity contribution in [1.82, 2.24) is 14.9 Å². The molecule has 7 nitrogen and oxygen atoms in total. The zero-order valence-electron chi connectivity index (χ0n) is 13.6. The Kier molecular flexibility index (Phi) is 3.95. The molecule has 126 valence electrons. The lowest BCUT2D eigenvalue weighted by atomic mass is 9.92. The molecular formula is C15H22N4O3S. The molecule has 0 aromatic carbocycles. The SMILES string of the molecule is CC(C)(C)c1nn(C2CCCC2)cc1S(=O)(=O)Nc1ccon1. The van der Waals surface area contributed by atoms with Crippen molar-refractivity contribution in [2.24, 2.45) is 0 Å². The molecule has 1 saturated carbocycles. The van der Waals surface area contributed by atoms with Gasteiger partial charge in [-0.15, -0.1) is 0 Å². The second kappa shape index (κ2) is 5.67. The van der Waals surface area contributed by atoms with Crippen LogP contribution in [0.5, 0.6) is 0 Å². The fourth-order valence-corrected chi connectivity index (χ4v) is 4.24. The second-order valence-electron chi connectivity index (χ2n) is 7.00.